The molecule has 0 radical (unpaired) electrons. The van der Waals surface area contributed by atoms with Crippen molar-refractivity contribution in [2.45, 2.75) is 11.3 Å². The molecule has 0 saturated heterocycles. The quantitative estimate of drug-likeness (QED) is 0.914. The zero-order chi connectivity index (χ0) is 15.6. The molecule has 2 rings (SSSR count). The van der Waals surface area contributed by atoms with Gasteiger partial charge in [0.1, 0.15) is 4.90 Å². The maximum Gasteiger partial charge on any atom is 0.335 e. The normalized spacial score (nSPS) is 11.5. The molecule has 1 aromatic carbocycles. The second kappa shape index (κ2) is 5.90. The summed E-state index contributed by atoms with van der Waals surface area (Å²) in [5, 5.41) is 10.6. The number of halogens is 2. The zero-order valence-corrected chi connectivity index (χ0v) is 12.2. The van der Waals surface area contributed by atoms with Crippen LogP contribution in [0, 0.1) is 11.6 Å². The van der Waals surface area contributed by atoms with Crippen molar-refractivity contribution in [3.05, 3.63) is 51.7 Å². The Labute approximate surface area is 123 Å². The lowest BCUT2D eigenvalue weighted by Crippen LogP contribution is -2.13. The van der Waals surface area contributed by atoms with Crippen LogP contribution in [0.2, 0.25) is 0 Å². The van der Waals surface area contributed by atoms with Crippen molar-refractivity contribution >= 4 is 27.1 Å². The minimum atomic E-state index is -4.12. The average molecular weight is 332 g/mol. The van der Waals surface area contributed by atoms with Crippen LogP contribution in [0.3, 0.4) is 0 Å². The van der Waals surface area contributed by atoms with Crippen LogP contribution in [0.4, 0.5) is 8.78 Å². The molecule has 0 aliphatic carbocycles. The summed E-state index contributed by atoms with van der Waals surface area (Å²) in [6, 6.07) is 4.57. The Kier molecular flexibility index (Phi) is 4.38. The van der Waals surface area contributed by atoms with E-state index < -0.39 is 43.7 Å². The van der Waals surface area contributed by atoms with Gasteiger partial charge >= 0.3 is 5.97 Å². The molecule has 0 unspecified atom stereocenters. The standard InChI is InChI=1S/C13H10F2O4S2/c14-10-6-8(13(16)17)7-11(12(10)15)21(18,19)5-3-9-2-1-4-20-9/h1-2,4,6-7H,3,5H2,(H,16,17). The summed E-state index contributed by atoms with van der Waals surface area (Å²) in [5.41, 5.74) is -0.608. The van der Waals surface area contributed by atoms with Gasteiger partial charge in [-0.1, -0.05) is 6.07 Å². The van der Waals surface area contributed by atoms with Crippen LogP contribution >= 0.6 is 11.3 Å². The van der Waals surface area contributed by atoms with Gasteiger partial charge in [0.15, 0.2) is 21.5 Å². The molecule has 1 heterocycles. The fourth-order valence-corrected chi connectivity index (χ4v) is 3.94. The van der Waals surface area contributed by atoms with E-state index in [0.29, 0.717) is 12.1 Å². The first-order valence-corrected chi connectivity index (χ1v) is 8.32. The smallest absolute Gasteiger partial charge is 0.335 e. The summed E-state index contributed by atoms with van der Waals surface area (Å²) < 4.78 is 51.2. The molecule has 1 aromatic heterocycles. The predicted octanol–water partition coefficient (Wildman–Crippen LogP) is 2.74. The predicted molar refractivity (Wildman–Crippen MR) is 73.4 cm³/mol. The molecule has 0 saturated carbocycles. The van der Waals surface area contributed by atoms with Crippen LogP contribution in [0.1, 0.15) is 15.2 Å². The summed E-state index contributed by atoms with van der Waals surface area (Å²) in [7, 11) is -4.12. The van der Waals surface area contributed by atoms with Gasteiger partial charge in [0.25, 0.3) is 0 Å². The van der Waals surface area contributed by atoms with Crippen molar-refractivity contribution in [2.24, 2.45) is 0 Å². The Hall–Kier alpha value is -1.80. The molecule has 8 heteroatoms. The summed E-state index contributed by atoms with van der Waals surface area (Å²) >= 11 is 1.35. The van der Waals surface area contributed by atoms with E-state index >= 15 is 0 Å². The lowest BCUT2D eigenvalue weighted by atomic mass is 10.2. The summed E-state index contributed by atoms with van der Waals surface area (Å²) in [5.74, 6) is -4.99. The highest BCUT2D eigenvalue weighted by Crippen LogP contribution is 2.22. The molecular formula is C13H10F2O4S2. The third kappa shape index (κ3) is 3.45. The maximum atomic E-state index is 13.7. The number of aryl methyl sites for hydroxylation is 1. The molecule has 0 spiro atoms. The number of aromatic carboxylic acids is 1. The Morgan fingerprint density at radius 3 is 2.57 bits per heavy atom. The van der Waals surface area contributed by atoms with Crippen molar-refractivity contribution < 1.29 is 27.1 Å². The van der Waals surface area contributed by atoms with E-state index in [1.807, 2.05) is 0 Å². The Morgan fingerprint density at radius 1 is 1.29 bits per heavy atom. The molecular weight excluding hydrogens is 322 g/mol. The van der Waals surface area contributed by atoms with Gasteiger partial charge in [-0.2, -0.15) is 0 Å². The highest BCUT2D eigenvalue weighted by atomic mass is 32.2. The minimum absolute atomic E-state index is 0.151. The number of carbonyl (C=O) groups is 1. The van der Waals surface area contributed by atoms with Gasteiger partial charge in [0.2, 0.25) is 0 Å². The number of carboxylic acid groups (broad SMARTS) is 1. The van der Waals surface area contributed by atoms with Crippen LogP contribution in [0.25, 0.3) is 0 Å². The molecule has 0 atom stereocenters. The first-order chi connectivity index (χ1) is 9.81. The molecule has 112 valence electrons. The van der Waals surface area contributed by atoms with Crippen LogP contribution in [0.5, 0.6) is 0 Å². The van der Waals surface area contributed by atoms with E-state index in [4.69, 9.17) is 5.11 Å². The molecule has 0 aliphatic rings. The number of carboxylic acids is 1. The third-order valence-corrected chi connectivity index (χ3v) is 5.42. The Bertz CT molecular complexity index is 768. The first-order valence-electron chi connectivity index (χ1n) is 5.79. The summed E-state index contributed by atoms with van der Waals surface area (Å²) in [6.45, 7) is 0. The van der Waals surface area contributed by atoms with Gasteiger partial charge in [0, 0.05) is 4.88 Å². The largest absolute Gasteiger partial charge is 0.478 e. The highest BCUT2D eigenvalue weighted by molar-refractivity contribution is 7.91. The van der Waals surface area contributed by atoms with Crippen LogP contribution in [0.15, 0.2) is 34.5 Å². The number of benzene rings is 1. The number of sulfone groups is 1. The van der Waals surface area contributed by atoms with Gasteiger partial charge in [-0.15, -0.1) is 11.3 Å². The fourth-order valence-electron chi connectivity index (χ4n) is 1.71. The SMILES string of the molecule is O=C(O)c1cc(F)c(F)c(S(=O)(=O)CCc2cccs2)c1. The maximum absolute atomic E-state index is 13.7. The topological polar surface area (TPSA) is 71.4 Å². The van der Waals surface area contributed by atoms with Crippen LogP contribution in [-0.4, -0.2) is 25.2 Å². The fraction of sp³-hybridized carbons (Fsp3) is 0.154. The second-order valence-electron chi connectivity index (χ2n) is 4.22. The van der Waals surface area contributed by atoms with Gasteiger partial charge in [-0.3, -0.25) is 0 Å². The van der Waals surface area contributed by atoms with Gasteiger partial charge < -0.3 is 5.11 Å². The highest BCUT2D eigenvalue weighted by Gasteiger charge is 2.24. The number of hydrogen-bond donors (Lipinski definition) is 1. The van der Waals surface area contributed by atoms with Crippen molar-refractivity contribution in [3.63, 3.8) is 0 Å². The average Bonchev–Trinajstić information content (AvgIpc) is 2.92. The van der Waals surface area contributed by atoms with E-state index in [2.05, 4.69) is 0 Å². The van der Waals surface area contributed by atoms with Crippen molar-refractivity contribution in [1.29, 1.82) is 0 Å². The number of thiophene rings is 1. The lowest BCUT2D eigenvalue weighted by Gasteiger charge is -2.07. The van der Waals surface area contributed by atoms with E-state index in [-0.39, 0.29) is 6.42 Å². The molecule has 0 aliphatic heterocycles. The third-order valence-electron chi connectivity index (χ3n) is 2.77. The molecule has 4 nitrogen and oxygen atoms in total. The van der Waals surface area contributed by atoms with Crippen molar-refractivity contribution in [1.82, 2.24) is 0 Å². The monoisotopic (exact) mass is 332 g/mol. The number of hydrogen-bond acceptors (Lipinski definition) is 4. The van der Waals surface area contributed by atoms with Crippen LogP contribution < -0.4 is 0 Å². The van der Waals surface area contributed by atoms with Crippen molar-refractivity contribution in [3.8, 4) is 0 Å². The Balaban J connectivity index is 2.37. The zero-order valence-electron chi connectivity index (χ0n) is 10.5. The molecule has 0 bridgehead atoms. The first kappa shape index (κ1) is 15.6. The second-order valence-corrected chi connectivity index (χ2v) is 7.33. The molecule has 0 fully saturated rings. The van der Waals surface area contributed by atoms with E-state index in [1.54, 1.807) is 17.5 Å². The van der Waals surface area contributed by atoms with E-state index in [1.165, 1.54) is 11.3 Å². The summed E-state index contributed by atoms with van der Waals surface area (Å²) in [6.07, 6.45) is 0.151. The Morgan fingerprint density at radius 2 is 2.00 bits per heavy atom. The van der Waals surface area contributed by atoms with Gasteiger partial charge in [-0.05, 0) is 30.0 Å². The van der Waals surface area contributed by atoms with E-state index in [0.717, 1.165) is 4.88 Å². The molecule has 0 amide bonds. The molecule has 2 aromatic rings. The number of rotatable bonds is 5. The van der Waals surface area contributed by atoms with E-state index in [9.17, 15) is 22.0 Å². The van der Waals surface area contributed by atoms with Crippen molar-refractivity contribution in [2.75, 3.05) is 5.75 Å². The molecule has 1 N–H and O–H groups in total. The summed E-state index contributed by atoms with van der Waals surface area (Å²) in [4.78, 5) is 10.7. The van der Waals surface area contributed by atoms with Gasteiger partial charge in [-0.25, -0.2) is 22.0 Å². The lowest BCUT2D eigenvalue weighted by molar-refractivity contribution is 0.0696. The minimum Gasteiger partial charge on any atom is -0.478 e. The molecule has 21 heavy (non-hydrogen) atoms. The van der Waals surface area contributed by atoms with Crippen LogP contribution in [-0.2, 0) is 16.3 Å². The van der Waals surface area contributed by atoms with Gasteiger partial charge in [0.05, 0.1) is 11.3 Å².